The van der Waals surface area contributed by atoms with Crippen LogP contribution in [0.5, 0.6) is 0 Å². The molecule has 0 saturated heterocycles. The minimum absolute atomic E-state index is 0.199. The Morgan fingerprint density at radius 2 is 0.902 bits per heavy atom. The summed E-state index contributed by atoms with van der Waals surface area (Å²) >= 11 is 0. The lowest BCUT2D eigenvalue weighted by Crippen LogP contribution is -2.38. The summed E-state index contributed by atoms with van der Waals surface area (Å²) in [5.41, 5.74) is 2.34. The molecule has 3 nitrogen and oxygen atoms in total. The van der Waals surface area contributed by atoms with Gasteiger partial charge in [0.25, 0.3) is 11.1 Å². The first-order valence-corrected chi connectivity index (χ1v) is 21.5. The molecule has 0 bridgehead atoms. The number of benzene rings is 6. The highest BCUT2D eigenvalue weighted by Crippen LogP contribution is 2.49. The molecular weight excluding hydrogens is 535 g/mol. The Bertz CT molecular complexity index is 2330. The van der Waals surface area contributed by atoms with Crippen LogP contribution in [0.4, 0.5) is 0 Å². The maximum Gasteiger partial charge on any atom is 0.266 e. The van der Waals surface area contributed by atoms with Crippen molar-refractivity contribution in [2.24, 2.45) is 0 Å². The van der Waals surface area contributed by atoms with Gasteiger partial charge in [-0.25, -0.2) is 4.57 Å². The zero-order chi connectivity index (χ0) is 28.9. The molecule has 0 saturated carbocycles. The van der Waals surface area contributed by atoms with Crippen LogP contribution >= 0.6 is 0 Å². The average molecular weight is 568 g/mol. The maximum absolute atomic E-state index is 14.5. The largest absolute Gasteiger partial charge is 0.268 e. The summed E-state index contributed by atoms with van der Waals surface area (Å²) in [5, 5.41) is 15.8. The molecule has 0 aliphatic rings. The van der Waals surface area contributed by atoms with Gasteiger partial charge in [0.15, 0.2) is 0 Å². The van der Waals surface area contributed by atoms with Crippen LogP contribution in [0.25, 0.3) is 70.3 Å². The number of aryl methyl sites for hydroxylation is 2. The topological polar surface area (TPSA) is 39.1 Å². The first kappa shape index (κ1) is 24.9. The third kappa shape index (κ3) is 3.03. The Kier molecular flexibility index (Phi) is 4.58. The van der Waals surface area contributed by atoms with Gasteiger partial charge in [0.1, 0.15) is 0 Å². The van der Waals surface area contributed by atoms with Gasteiger partial charge in [0, 0.05) is 0 Å². The van der Waals surface area contributed by atoms with E-state index in [0.29, 0.717) is 16.5 Å². The molecule has 0 fully saturated rings. The smallest absolute Gasteiger partial charge is 0.266 e. The van der Waals surface area contributed by atoms with E-state index in [4.69, 9.17) is 0 Å². The van der Waals surface area contributed by atoms with E-state index >= 15 is 0 Å². The standard InChI is InChI=1S/C36H33NO2Si2/c1-18-13-19(2)15-21(14-18)37-35(38)33-24-16-26(40(3,4)5)22-11-9-20-10-12-23-27(41(6,7)8)17-25(34(33)36(37)39)32-30(23)28(20)29(22)31(24)32/h9-17H,1-8H3. The summed E-state index contributed by atoms with van der Waals surface area (Å²) in [6.45, 7) is 18.3. The van der Waals surface area contributed by atoms with Crippen LogP contribution in [0.15, 0.2) is 64.2 Å². The summed E-state index contributed by atoms with van der Waals surface area (Å²) in [6, 6.07) is 19.7. The van der Waals surface area contributed by atoms with Gasteiger partial charge >= 0.3 is 0 Å². The van der Waals surface area contributed by atoms with Crippen LogP contribution in [-0.4, -0.2) is 20.7 Å². The summed E-state index contributed by atoms with van der Waals surface area (Å²) in [5.74, 6) is 0. The van der Waals surface area contributed by atoms with Gasteiger partial charge in [0.05, 0.1) is 32.6 Å². The minimum atomic E-state index is -1.82. The van der Waals surface area contributed by atoms with Crippen molar-refractivity contribution in [3.05, 3.63) is 86.4 Å². The molecule has 1 heterocycles. The average Bonchev–Trinajstić information content (AvgIpc) is 3.37. The van der Waals surface area contributed by atoms with E-state index in [1.807, 2.05) is 26.0 Å². The Morgan fingerprint density at radius 3 is 1.32 bits per heavy atom. The van der Waals surface area contributed by atoms with Gasteiger partial charge in [-0.05, 0) is 91.0 Å². The SMILES string of the molecule is Cc1cc(C)cc(-n2c(=O)c3c4cc([Si](C)(C)C)c5ccc6ccc7c([Si](C)(C)C)cc(c3c2=O)c2c7c6c5c42)c1. The highest BCUT2D eigenvalue weighted by Gasteiger charge is 2.32. The Hall–Kier alpha value is -3.81. The lowest BCUT2D eigenvalue weighted by atomic mass is 9.95. The summed E-state index contributed by atoms with van der Waals surface area (Å²) < 4.78 is 1.44. The minimum Gasteiger partial charge on any atom is -0.268 e. The second-order valence-electron chi connectivity index (χ2n) is 14.3. The molecule has 202 valence electrons. The van der Waals surface area contributed by atoms with Gasteiger partial charge in [-0.3, -0.25) is 9.59 Å². The van der Waals surface area contributed by atoms with Crippen LogP contribution in [-0.2, 0) is 0 Å². The lowest BCUT2D eigenvalue weighted by molar-refractivity contribution is 0.986. The number of fused-ring (bicyclic) bond motifs is 3. The van der Waals surface area contributed by atoms with Crippen molar-refractivity contribution in [2.75, 3.05) is 0 Å². The Morgan fingerprint density at radius 1 is 0.488 bits per heavy atom. The second kappa shape index (κ2) is 7.52. The summed E-state index contributed by atoms with van der Waals surface area (Å²) in [7, 11) is -3.64. The molecule has 0 unspecified atom stereocenters. The van der Waals surface area contributed by atoms with E-state index in [9.17, 15) is 9.59 Å². The van der Waals surface area contributed by atoms with Crippen molar-refractivity contribution in [1.82, 2.24) is 4.57 Å². The zero-order valence-corrected chi connectivity index (χ0v) is 27.0. The molecule has 7 aromatic carbocycles. The number of hydrogen-bond acceptors (Lipinski definition) is 2. The first-order valence-electron chi connectivity index (χ1n) is 14.5. The fourth-order valence-electron chi connectivity index (χ4n) is 7.74. The van der Waals surface area contributed by atoms with E-state index in [1.54, 1.807) is 0 Å². The van der Waals surface area contributed by atoms with E-state index in [0.717, 1.165) is 32.7 Å². The maximum atomic E-state index is 14.5. The van der Waals surface area contributed by atoms with Crippen LogP contribution < -0.4 is 21.5 Å². The molecule has 0 spiro atoms. The van der Waals surface area contributed by atoms with Crippen molar-refractivity contribution in [3.8, 4) is 5.69 Å². The van der Waals surface area contributed by atoms with Crippen molar-refractivity contribution in [1.29, 1.82) is 0 Å². The van der Waals surface area contributed by atoms with Crippen molar-refractivity contribution < 1.29 is 0 Å². The summed E-state index contributed by atoms with van der Waals surface area (Å²) in [4.78, 5) is 29.1. The van der Waals surface area contributed by atoms with E-state index < -0.39 is 16.1 Å². The molecule has 8 rings (SSSR count). The normalized spacial score (nSPS) is 13.6. The molecule has 0 N–H and O–H groups in total. The second-order valence-corrected chi connectivity index (χ2v) is 24.4. The molecule has 41 heavy (non-hydrogen) atoms. The fraction of sp³-hybridized carbons (Fsp3) is 0.222. The lowest BCUT2D eigenvalue weighted by Gasteiger charge is -2.21. The number of rotatable bonds is 3. The number of aromatic nitrogens is 1. The van der Waals surface area contributed by atoms with E-state index in [2.05, 4.69) is 81.7 Å². The molecule has 0 atom stereocenters. The number of nitrogens with zero attached hydrogens (tertiary/aromatic N) is 1. The van der Waals surface area contributed by atoms with Crippen LogP contribution in [0, 0.1) is 13.8 Å². The van der Waals surface area contributed by atoms with Crippen molar-refractivity contribution in [2.45, 2.75) is 53.1 Å². The molecule has 5 heteroatoms. The van der Waals surface area contributed by atoms with Crippen molar-refractivity contribution in [3.63, 3.8) is 0 Å². The highest BCUT2D eigenvalue weighted by atomic mass is 28.3. The molecule has 0 amide bonds. The third-order valence-corrected chi connectivity index (χ3v) is 13.4. The molecule has 8 aromatic rings. The molecule has 0 aliphatic carbocycles. The first-order chi connectivity index (χ1) is 19.3. The van der Waals surface area contributed by atoms with Gasteiger partial charge in [-0.15, -0.1) is 0 Å². The Labute approximate surface area is 240 Å². The number of hydrogen-bond donors (Lipinski definition) is 0. The quantitative estimate of drug-likeness (QED) is 0.163. The highest BCUT2D eigenvalue weighted by molar-refractivity contribution is 6.91. The predicted octanol–water partition coefficient (Wildman–Crippen LogP) is 7.58. The zero-order valence-electron chi connectivity index (χ0n) is 25.0. The van der Waals surface area contributed by atoms with Crippen LogP contribution in [0.3, 0.4) is 0 Å². The predicted molar refractivity (Wildman–Crippen MR) is 184 cm³/mol. The molecule has 0 radical (unpaired) electrons. The monoisotopic (exact) mass is 567 g/mol. The molecular formula is C36H33NO2Si2. The van der Waals surface area contributed by atoms with Gasteiger partial charge in [0.2, 0.25) is 0 Å². The Balaban J connectivity index is 1.76. The third-order valence-electron chi connectivity index (χ3n) is 9.34. The van der Waals surface area contributed by atoms with Gasteiger partial charge < -0.3 is 0 Å². The summed E-state index contributed by atoms with van der Waals surface area (Å²) in [6.07, 6.45) is 0. The van der Waals surface area contributed by atoms with Crippen LogP contribution in [0.1, 0.15) is 11.1 Å². The van der Waals surface area contributed by atoms with E-state index in [1.165, 1.54) is 47.3 Å². The van der Waals surface area contributed by atoms with Gasteiger partial charge in [-0.1, -0.05) is 92.1 Å². The van der Waals surface area contributed by atoms with Crippen molar-refractivity contribution >= 4 is 91.2 Å². The fourth-order valence-corrected chi connectivity index (χ4v) is 10.9. The van der Waals surface area contributed by atoms with E-state index in [-0.39, 0.29) is 11.1 Å². The molecule has 1 aromatic heterocycles. The van der Waals surface area contributed by atoms with Gasteiger partial charge in [-0.2, -0.15) is 0 Å². The van der Waals surface area contributed by atoms with Crippen LogP contribution in [0.2, 0.25) is 39.3 Å². The molecule has 0 aliphatic heterocycles.